The Morgan fingerprint density at radius 1 is 1.19 bits per heavy atom. The summed E-state index contributed by atoms with van der Waals surface area (Å²) < 4.78 is 39.7. The van der Waals surface area contributed by atoms with Crippen LogP contribution in [-0.2, 0) is 17.5 Å². The number of amides is 1. The third-order valence-electron chi connectivity index (χ3n) is 4.63. The maximum atomic E-state index is 12.9. The van der Waals surface area contributed by atoms with E-state index in [1.54, 1.807) is 17.0 Å². The fourth-order valence-corrected chi connectivity index (χ4v) is 3.14. The molecular weight excluding hydrogens is 379 g/mol. The maximum Gasteiger partial charge on any atom is 0.434 e. The topological polar surface area (TPSA) is 41.4 Å². The smallest absolute Gasteiger partial charge is 0.368 e. The molecule has 142 valence electrons. The van der Waals surface area contributed by atoms with Crippen molar-refractivity contribution < 1.29 is 18.0 Å². The summed E-state index contributed by atoms with van der Waals surface area (Å²) in [7, 11) is 5.49. The van der Waals surface area contributed by atoms with Crippen LogP contribution in [0.25, 0.3) is 0 Å². The lowest BCUT2D eigenvalue weighted by Crippen LogP contribution is -2.49. The predicted octanol–water partition coefficient (Wildman–Crippen LogP) is 2.01. The second-order valence-corrected chi connectivity index (χ2v) is 6.78. The van der Waals surface area contributed by atoms with Crippen LogP contribution in [0.3, 0.4) is 0 Å². The number of halogens is 4. The molecule has 1 aliphatic heterocycles. The molecule has 1 aromatic heterocycles. The number of hydrogen-bond donors (Lipinski definition) is 0. The number of anilines is 1. The zero-order valence-corrected chi connectivity index (χ0v) is 15.4. The molecule has 0 spiro atoms. The van der Waals surface area contributed by atoms with Crippen LogP contribution in [0.5, 0.6) is 0 Å². The molecule has 1 amide bonds. The molecule has 5 nitrogen and oxygen atoms in total. The standard InChI is InChI=1S/C17H17BClF3N4O/c1-11-15(18)16(17(20,21)22)23-26(11)10-14(27)25-8-6-24(7-9-25)13-4-2-12(19)3-5-13/h2-5H,6-10H2,1H3. The molecule has 0 aliphatic carbocycles. The molecule has 27 heavy (non-hydrogen) atoms. The average Bonchev–Trinajstić information content (AvgIpc) is 2.91. The molecule has 1 aromatic carbocycles. The van der Waals surface area contributed by atoms with Gasteiger partial charge in [0.05, 0.1) is 0 Å². The minimum atomic E-state index is -4.65. The Kier molecular flexibility index (Phi) is 5.42. The van der Waals surface area contributed by atoms with Gasteiger partial charge in [0.2, 0.25) is 5.91 Å². The zero-order chi connectivity index (χ0) is 19.8. The van der Waals surface area contributed by atoms with Crippen molar-refractivity contribution in [3.63, 3.8) is 0 Å². The van der Waals surface area contributed by atoms with Gasteiger partial charge < -0.3 is 9.80 Å². The Morgan fingerprint density at radius 3 is 2.30 bits per heavy atom. The average molecular weight is 397 g/mol. The molecule has 10 heteroatoms. The summed E-state index contributed by atoms with van der Waals surface area (Å²) in [6, 6.07) is 7.43. The Bertz CT molecular complexity index is 830. The number of carbonyl (C=O) groups excluding carboxylic acids is 1. The first-order valence-electron chi connectivity index (χ1n) is 8.35. The van der Waals surface area contributed by atoms with Crippen molar-refractivity contribution in [2.75, 3.05) is 31.1 Å². The minimum Gasteiger partial charge on any atom is -0.368 e. The van der Waals surface area contributed by atoms with E-state index in [2.05, 4.69) is 10.00 Å². The van der Waals surface area contributed by atoms with Gasteiger partial charge in [-0.2, -0.15) is 18.3 Å². The molecule has 1 fully saturated rings. The number of benzene rings is 1. The van der Waals surface area contributed by atoms with Gasteiger partial charge in [-0.3, -0.25) is 9.48 Å². The van der Waals surface area contributed by atoms with Crippen LogP contribution in [0.2, 0.25) is 5.02 Å². The molecule has 0 atom stereocenters. The number of nitrogens with zero attached hydrogens (tertiary/aromatic N) is 4. The first kappa shape index (κ1) is 19.6. The van der Waals surface area contributed by atoms with Gasteiger partial charge in [-0.25, -0.2) is 0 Å². The molecule has 0 bridgehead atoms. The SMILES string of the molecule is [B]c1c(C(F)(F)F)nn(CC(=O)N2CCN(c3ccc(Cl)cc3)CC2)c1C. The van der Waals surface area contributed by atoms with E-state index >= 15 is 0 Å². The summed E-state index contributed by atoms with van der Waals surface area (Å²) in [5.41, 5.74) is -0.448. The predicted molar refractivity (Wildman–Crippen MR) is 97.6 cm³/mol. The Hall–Kier alpha value is -2.16. The van der Waals surface area contributed by atoms with Crippen LogP contribution >= 0.6 is 11.6 Å². The summed E-state index contributed by atoms with van der Waals surface area (Å²) >= 11 is 5.89. The molecule has 2 radical (unpaired) electrons. The van der Waals surface area contributed by atoms with Gasteiger partial charge in [-0.1, -0.05) is 11.6 Å². The third-order valence-corrected chi connectivity index (χ3v) is 4.88. The van der Waals surface area contributed by atoms with Crippen LogP contribution in [0.15, 0.2) is 24.3 Å². The van der Waals surface area contributed by atoms with E-state index in [1.165, 1.54) is 6.92 Å². The van der Waals surface area contributed by atoms with Gasteiger partial charge >= 0.3 is 6.18 Å². The second-order valence-electron chi connectivity index (χ2n) is 6.35. The summed E-state index contributed by atoms with van der Waals surface area (Å²) in [6.45, 7) is 3.35. The lowest BCUT2D eigenvalue weighted by Gasteiger charge is -2.36. The van der Waals surface area contributed by atoms with E-state index in [4.69, 9.17) is 19.4 Å². The number of alkyl halides is 3. The van der Waals surface area contributed by atoms with Gasteiger partial charge in [0.15, 0.2) is 5.69 Å². The fraction of sp³-hybridized carbons (Fsp3) is 0.412. The summed E-state index contributed by atoms with van der Waals surface area (Å²) in [6.07, 6.45) is -4.65. The maximum absolute atomic E-state index is 12.9. The molecule has 2 heterocycles. The number of aromatic nitrogens is 2. The molecule has 1 saturated heterocycles. The van der Waals surface area contributed by atoms with Gasteiger partial charge in [-0.05, 0) is 36.7 Å². The van der Waals surface area contributed by atoms with E-state index in [9.17, 15) is 18.0 Å². The van der Waals surface area contributed by atoms with Gasteiger partial charge in [0.1, 0.15) is 14.4 Å². The van der Waals surface area contributed by atoms with E-state index in [0.29, 0.717) is 31.2 Å². The second kappa shape index (κ2) is 7.46. The Labute approximate surface area is 161 Å². The number of hydrogen-bond acceptors (Lipinski definition) is 3. The van der Waals surface area contributed by atoms with E-state index < -0.39 is 17.3 Å². The summed E-state index contributed by atoms with van der Waals surface area (Å²) in [4.78, 5) is 16.2. The summed E-state index contributed by atoms with van der Waals surface area (Å²) in [5, 5.41) is 4.13. The molecule has 2 aromatic rings. The van der Waals surface area contributed by atoms with Crippen LogP contribution in [0, 0.1) is 6.92 Å². The number of carbonyl (C=O) groups is 1. The molecule has 3 rings (SSSR count). The molecule has 1 aliphatic rings. The van der Waals surface area contributed by atoms with Crippen LogP contribution < -0.4 is 10.4 Å². The Morgan fingerprint density at radius 2 is 1.78 bits per heavy atom. The minimum absolute atomic E-state index is 0.135. The van der Waals surface area contributed by atoms with Gasteiger partial charge in [0, 0.05) is 42.6 Å². The van der Waals surface area contributed by atoms with E-state index in [-0.39, 0.29) is 18.1 Å². The first-order valence-corrected chi connectivity index (χ1v) is 8.73. The molecule has 0 N–H and O–H groups in total. The van der Waals surface area contributed by atoms with Crippen molar-refractivity contribution in [1.82, 2.24) is 14.7 Å². The number of piperazine rings is 1. The highest BCUT2D eigenvalue weighted by atomic mass is 35.5. The normalized spacial score (nSPS) is 15.3. The molecule has 0 saturated carbocycles. The van der Waals surface area contributed by atoms with Crippen molar-refractivity contribution in [1.29, 1.82) is 0 Å². The van der Waals surface area contributed by atoms with Crippen molar-refractivity contribution in [2.45, 2.75) is 19.6 Å². The van der Waals surface area contributed by atoms with Crippen LogP contribution in [0.4, 0.5) is 18.9 Å². The quantitative estimate of drug-likeness (QED) is 0.746. The highest BCUT2D eigenvalue weighted by Crippen LogP contribution is 2.27. The summed E-state index contributed by atoms with van der Waals surface area (Å²) in [5.74, 6) is -0.287. The largest absolute Gasteiger partial charge is 0.434 e. The zero-order valence-electron chi connectivity index (χ0n) is 14.6. The van der Waals surface area contributed by atoms with Crippen molar-refractivity contribution in [3.8, 4) is 0 Å². The van der Waals surface area contributed by atoms with Crippen molar-refractivity contribution in [2.24, 2.45) is 0 Å². The van der Waals surface area contributed by atoms with E-state index in [0.717, 1.165) is 10.4 Å². The number of rotatable bonds is 3. The highest BCUT2D eigenvalue weighted by Gasteiger charge is 2.37. The fourth-order valence-electron chi connectivity index (χ4n) is 3.02. The van der Waals surface area contributed by atoms with E-state index in [1.807, 2.05) is 12.1 Å². The molecular formula is C17H17BClF3N4O. The third kappa shape index (κ3) is 4.23. The lowest BCUT2D eigenvalue weighted by molar-refractivity contribution is -0.141. The monoisotopic (exact) mass is 396 g/mol. The van der Waals surface area contributed by atoms with Crippen molar-refractivity contribution >= 4 is 36.5 Å². The highest BCUT2D eigenvalue weighted by molar-refractivity contribution is 6.34. The van der Waals surface area contributed by atoms with Crippen LogP contribution in [-0.4, -0.2) is 54.6 Å². The van der Waals surface area contributed by atoms with Crippen molar-refractivity contribution in [3.05, 3.63) is 40.7 Å². The molecule has 0 unspecified atom stereocenters. The van der Waals surface area contributed by atoms with Crippen LogP contribution in [0.1, 0.15) is 11.4 Å². The lowest BCUT2D eigenvalue weighted by atomic mass is 9.93. The van der Waals surface area contributed by atoms with Gasteiger partial charge in [-0.15, -0.1) is 0 Å². The first-order chi connectivity index (χ1) is 12.7. The van der Waals surface area contributed by atoms with Gasteiger partial charge in [0.25, 0.3) is 0 Å². The Balaban J connectivity index is 1.63.